The van der Waals surface area contributed by atoms with Gasteiger partial charge in [-0.15, -0.1) is 0 Å². The van der Waals surface area contributed by atoms with Gasteiger partial charge in [-0.25, -0.2) is 0 Å². The Hall–Kier alpha value is -0.833. The van der Waals surface area contributed by atoms with Gasteiger partial charge in [0.05, 0.1) is 5.41 Å². The predicted molar refractivity (Wildman–Crippen MR) is 121 cm³/mol. The Morgan fingerprint density at radius 2 is 1.63 bits per heavy atom. The Bertz CT molecular complexity index is 587. The lowest BCUT2D eigenvalue weighted by Gasteiger charge is -2.58. The number of carbonyl (C=O) groups excluding carboxylic acids is 1. The Morgan fingerprint density at radius 3 is 2.15 bits per heavy atom. The number of rotatable bonds is 3. The monoisotopic (exact) mass is 389 g/mol. The Morgan fingerprint density at radius 1 is 1.04 bits per heavy atom. The van der Waals surface area contributed by atoms with Gasteiger partial charge in [-0.1, -0.05) is 110 Å². The molecular formula is C24H43NOSi. The molecule has 1 amide bonds. The summed E-state index contributed by atoms with van der Waals surface area (Å²) >= 11 is 0. The fourth-order valence-corrected chi connectivity index (χ4v) is 9.22. The number of amides is 1. The topological polar surface area (TPSA) is 43.1 Å². The van der Waals surface area contributed by atoms with E-state index in [1.807, 2.05) is 0 Å². The summed E-state index contributed by atoms with van der Waals surface area (Å²) < 4.78 is 0. The van der Waals surface area contributed by atoms with Gasteiger partial charge in [0.15, 0.2) is 0 Å². The zero-order valence-corrected chi connectivity index (χ0v) is 19.9. The van der Waals surface area contributed by atoms with Gasteiger partial charge in [0.2, 0.25) is 5.91 Å². The van der Waals surface area contributed by atoms with Gasteiger partial charge >= 0.3 is 0 Å². The number of hydrogen-bond acceptors (Lipinski definition) is 1. The molecule has 2 unspecified atom stereocenters. The number of primary amides is 1. The standard InChI is InChI=1S/C24H43NOSi/c1-22(2)20(27(5)6)17-11-9-7-8-10-14-18-24(21(25)26,23(22,3)4)19-15-12-13-16-19/h12-13,15,20,27H,7-11,14,16-18H2,1-6H3,(H2,25,26). The highest BCUT2D eigenvalue weighted by Gasteiger charge is 2.59. The molecule has 1 saturated carbocycles. The summed E-state index contributed by atoms with van der Waals surface area (Å²) in [4.78, 5) is 13.2. The minimum absolute atomic E-state index is 0.0745. The first-order chi connectivity index (χ1) is 12.6. The van der Waals surface area contributed by atoms with Gasteiger partial charge in [-0.2, -0.15) is 0 Å². The third kappa shape index (κ3) is 3.99. The number of hydrogen-bond donors (Lipinski definition) is 1. The second-order valence-corrected chi connectivity index (χ2v) is 13.7. The molecule has 0 aromatic heterocycles. The van der Waals surface area contributed by atoms with Crippen LogP contribution in [0.3, 0.4) is 0 Å². The van der Waals surface area contributed by atoms with Crippen LogP contribution in [0.2, 0.25) is 18.6 Å². The molecular weight excluding hydrogens is 346 g/mol. The zero-order chi connectivity index (χ0) is 20.3. The molecule has 2 N–H and O–H groups in total. The highest BCUT2D eigenvalue weighted by Crippen LogP contribution is 2.63. The minimum Gasteiger partial charge on any atom is -0.369 e. The van der Waals surface area contributed by atoms with Crippen molar-refractivity contribution in [3.63, 3.8) is 0 Å². The summed E-state index contributed by atoms with van der Waals surface area (Å²) in [5.74, 6) is -0.100. The largest absolute Gasteiger partial charge is 0.369 e. The summed E-state index contributed by atoms with van der Waals surface area (Å²) in [7, 11) is -0.879. The lowest BCUT2D eigenvalue weighted by molar-refractivity contribution is -0.139. The third-order valence-corrected chi connectivity index (χ3v) is 11.2. The van der Waals surface area contributed by atoms with Crippen LogP contribution in [0.4, 0.5) is 0 Å². The molecule has 0 bridgehead atoms. The van der Waals surface area contributed by atoms with Crippen molar-refractivity contribution in [2.75, 3.05) is 0 Å². The molecule has 2 nitrogen and oxygen atoms in total. The van der Waals surface area contributed by atoms with Crippen LogP contribution in [0.25, 0.3) is 0 Å². The van der Waals surface area contributed by atoms with E-state index in [4.69, 9.17) is 5.73 Å². The first kappa shape index (κ1) is 22.5. The maximum Gasteiger partial charge on any atom is 0.228 e. The summed E-state index contributed by atoms with van der Waals surface area (Å²) in [5, 5.41) is 0. The molecule has 0 saturated heterocycles. The smallest absolute Gasteiger partial charge is 0.228 e. The molecule has 0 aromatic carbocycles. The van der Waals surface area contributed by atoms with E-state index in [1.54, 1.807) is 0 Å². The van der Waals surface area contributed by atoms with Crippen molar-refractivity contribution in [1.29, 1.82) is 0 Å². The quantitative estimate of drug-likeness (QED) is 0.558. The van der Waals surface area contributed by atoms with Crippen LogP contribution < -0.4 is 5.73 Å². The minimum atomic E-state index is -0.879. The van der Waals surface area contributed by atoms with Crippen molar-refractivity contribution in [3.05, 3.63) is 23.8 Å². The van der Waals surface area contributed by atoms with Crippen molar-refractivity contribution in [2.24, 2.45) is 22.0 Å². The summed E-state index contributed by atoms with van der Waals surface area (Å²) in [6.07, 6.45) is 17.2. The van der Waals surface area contributed by atoms with Crippen molar-refractivity contribution < 1.29 is 4.79 Å². The Balaban J connectivity index is 2.60. The molecule has 0 aliphatic heterocycles. The fraction of sp³-hybridized carbons (Fsp3) is 0.792. The van der Waals surface area contributed by atoms with Crippen molar-refractivity contribution >= 4 is 14.7 Å². The lowest BCUT2D eigenvalue weighted by atomic mass is 9.48. The van der Waals surface area contributed by atoms with Crippen LogP contribution in [0.1, 0.15) is 85.5 Å². The maximum absolute atomic E-state index is 13.2. The van der Waals surface area contributed by atoms with E-state index >= 15 is 0 Å². The van der Waals surface area contributed by atoms with Crippen LogP contribution in [0.15, 0.2) is 23.8 Å². The van der Waals surface area contributed by atoms with Gasteiger partial charge in [0, 0.05) is 8.80 Å². The van der Waals surface area contributed by atoms with Gasteiger partial charge < -0.3 is 5.73 Å². The second kappa shape index (κ2) is 8.67. The van der Waals surface area contributed by atoms with Crippen LogP contribution in [-0.2, 0) is 4.79 Å². The SMILES string of the molecule is C[SiH](C)C1CCCCCCCCC(C(N)=O)(C2=CC=CC2)C(C)(C)C1(C)C. The van der Waals surface area contributed by atoms with E-state index < -0.39 is 14.2 Å². The van der Waals surface area contributed by atoms with Gasteiger partial charge in [-0.3, -0.25) is 4.79 Å². The van der Waals surface area contributed by atoms with E-state index in [1.165, 1.54) is 44.1 Å². The molecule has 1 fully saturated rings. The molecule has 154 valence electrons. The van der Waals surface area contributed by atoms with Gasteiger partial charge in [0.1, 0.15) is 0 Å². The Kier molecular flexibility index (Phi) is 7.21. The van der Waals surface area contributed by atoms with Crippen LogP contribution >= 0.6 is 0 Å². The molecule has 2 aliphatic rings. The highest BCUT2D eigenvalue weighted by molar-refractivity contribution is 6.57. The van der Waals surface area contributed by atoms with E-state index in [2.05, 4.69) is 59.0 Å². The average Bonchev–Trinajstić information content (AvgIpc) is 3.09. The fourth-order valence-electron chi connectivity index (χ4n) is 6.23. The van der Waals surface area contributed by atoms with E-state index in [0.29, 0.717) is 0 Å². The first-order valence-corrected chi connectivity index (χ1v) is 14.2. The predicted octanol–water partition coefficient (Wildman–Crippen LogP) is 6.39. The van der Waals surface area contributed by atoms with Crippen molar-refractivity contribution in [2.45, 2.75) is 104 Å². The zero-order valence-electron chi connectivity index (χ0n) is 18.7. The van der Waals surface area contributed by atoms with Crippen molar-refractivity contribution in [1.82, 2.24) is 0 Å². The Labute approximate surface area is 169 Å². The number of allylic oxidation sites excluding steroid dienone is 3. The number of nitrogens with two attached hydrogens (primary N) is 1. The summed E-state index contributed by atoms with van der Waals surface area (Å²) in [6.45, 7) is 14.6. The number of carbonyl (C=O) groups is 1. The average molecular weight is 390 g/mol. The molecule has 0 heterocycles. The van der Waals surface area contributed by atoms with Crippen molar-refractivity contribution in [3.8, 4) is 0 Å². The summed E-state index contributed by atoms with van der Waals surface area (Å²) in [5.41, 5.74) is 7.62. The second-order valence-electron chi connectivity index (χ2n) is 10.5. The van der Waals surface area contributed by atoms with E-state index in [0.717, 1.165) is 24.8 Å². The van der Waals surface area contributed by atoms with E-state index in [9.17, 15) is 4.79 Å². The first-order valence-electron chi connectivity index (χ1n) is 11.2. The third-order valence-electron chi connectivity index (χ3n) is 8.47. The van der Waals surface area contributed by atoms with Crippen LogP contribution in [0, 0.1) is 16.2 Å². The van der Waals surface area contributed by atoms with E-state index in [-0.39, 0.29) is 16.7 Å². The molecule has 2 rings (SSSR count). The maximum atomic E-state index is 13.2. The molecule has 27 heavy (non-hydrogen) atoms. The lowest BCUT2D eigenvalue weighted by Crippen LogP contribution is -2.57. The van der Waals surface area contributed by atoms with Crippen LogP contribution in [0.5, 0.6) is 0 Å². The van der Waals surface area contributed by atoms with Crippen LogP contribution in [-0.4, -0.2) is 14.7 Å². The normalized spacial score (nSPS) is 31.8. The van der Waals surface area contributed by atoms with Gasteiger partial charge in [0.25, 0.3) is 0 Å². The molecule has 2 atom stereocenters. The molecule has 3 heteroatoms. The van der Waals surface area contributed by atoms with Gasteiger partial charge in [-0.05, 0) is 29.2 Å². The molecule has 0 aromatic rings. The molecule has 2 aliphatic carbocycles. The molecule has 0 radical (unpaired) electrons. The summed E-state index contributed by atoms with van der Waals surface area (Å²) in [6, 6.07) is 0. The molecule has 0 spiro atoms. The highest BCUT2D eigenvalue weighted by atomic mass is 28.3.